The number of nitrogens with one attached hydrogen (secondary N) is 1. The highest BCUT2D eigenvalue weighted by Gasteiger charge is 2.33. The lowest BCUT2D eigenvalue weighted by Crippen LogP contribution is -2.32. The Morgan fingerprint density at radius 2 is 1.54 bits per heavy atom. The molecule has 0 bridgehead atoms. The summed E-state index contributed by atoms with van der Waals surface area (Å²) in [7, 11) is -2.45. The maximum Gasteiger partial charge on any atom is 0.259 e. The van der Waals surface area contributed by atoms with Gasteiger partial charge in [0.05, 0.1) is 18.4 Å². The van der Waals surface area contributed by atoms with Gasteiger partial charge in [0, 0.05) is 19.2 Å². The molecule has 2 heterocycles. The summed E-state index contributed by atoms with van der Waals surface area (Å²) >= 11 is 0. The molecule has 3 aromatic rings. The minimum atomic E-state index is -3.96. The van der Waals surface area contributed by atoms with E-state index in [0.717, 1.165) is 25.7 Å². The summed E-state index contributed by atoms with van der Waals surface area (Å²) < 4.78 is 46.7. The van der Waals surface area contributed by atoms with Crippen LogP contribution in [0.5, 0.6) is 28.7 Å². The summed E-state index contributed by atoms with van der Waals surface area (Å²) in [5.41, 5.74) is 0.611. The van der Waals surface area contributed by atoms with Crippen molar-refractivity contribution in [3.8, 4) is 28.7 Å². The SMILES string of the molecule is COc1ccccc1Oc1cc2c(cc1S(=O)(=O)N1CCCCCC1)C(=O)Nc1ccccc1O2. The van der Waals surface area contributed by atoms with E-state index in [0.29, 0.717) is 36.0 Å². The molecule has 0 radical (unpaired) electrons. The molecule has 2 aliphatic rings. The molecule has 8 nitrogen and oxygen atoms in total. The number of benzene rings is 3. The van der Waals surface area contributed by atoms with Gasteiger partial charge in [-0.05, 0) is 43.2 Å². The van der Waals surface area contributed by atoms with Crippen molar-refractivity contribution < 1.29 is 27.4 Å². The molecule has 182 valence electrons. The fourth-order valence-corrected chi connectivity index (χ4v) is 5.93. The van der Waals surface area contributed by atoms with Crippen molar-refractivity contribution in [3.05, 3.63) is 66.2 Å². The summed E-state index contributed by atoms with van der Waals surface area (Å²) in [5, 5.41) is 2.80. The van der Waals surface area contributed by atoms with Crippen LogP contribution in [0.25, 0.3) is 0 Å². The van der Waals surface area contributed by atoms with Gasteiger partial charge >= 0.3 is 0 Å². The number of hydrogen-bond acceptors (Lipinski definition) is 6. The Morgan fingerprint density at radius 3 is 2.29 bits per heavy atom. The number of hydrogen-bond donors (Lipinski definition) is 1. The molecule has 3 aromatic carbocycles. The number of methoxy groups -OCH3 is 1. The summed E-state index contributed by atoms with van der Waals surface area (Å²) in [4.78, 5) is 13.0. The van der Waals surface area contributed by atoms with E-state index in [9.17, 15) is 13.2 Å². The fourth-order valence-electron chi connectivity index (χ4n) is 4.29. The molecule has 0 atom stereocenters. The lowest BCUT2D eigenvalue weighted by Gasteiger charge is -2.23. The average Bonchev–Trinajstić information content (AvgIpc) is 3.22. The van der Waals surface area contributed by atoms with E-state index in [1.807, 2.05) is 0 Å². The Labute approximate surface area is 204 Å². The second kappa shape index (κ2) is 9.59. The Kier molecular flexibility index (Phi) is 6.36. The third kappa shape index (κ3) is 4.56. The van der Waals surface area contributed by atoms with Gasteiger partial charge in [-0.25, -0.2) is 8.42 Å². The third-order valence-corrected chi connectivity index (χ3v) is 8.04. The molecule has 0 aromatic heterocycles. The maximum absolute atomic E-state index is 13.8. The van der Waals surface area contributed by atoms with Gasteiger partial charge in [-0.3, -0.25) is 4.79 Å². The number of ether oxygens (including phenoxy) is 3. The molecule has 5 rings (SSSR count). The Bertz CT molecular complexity index is 1360. The first-order valence-electron chi connectivity index (χ1n) is 11.5. The highest BCUT2D eigenvalue weighted by molar-refractivity contribution is 7.89. The number of amides is 1. The molecular weight excluding hydrogens is 468 g/mol. The smallest absolute Gasteiger partial charge is 0.259 e. The van der Waals surface area contributed by atoms with Crippen molar-refractivity contribution in [1.29, 1.82) is 0 Å². The van der Waals surface area contributed by atoms with Crippen LogP contribution in [0.15, 0.2) is 65.6 Å². The summed E-state index contributed by atoms with van der Waals surface area (Å²) in [6.45, 7) is 0.837. The molecule has 0 saturated carbocycles. The van der Waals surface area contributed by atoms with Crippen LogP contribution in [0.4, 0.5) is 5.69 Å². The molecule has 35 heavy (non-hydrogen) atoms. The Morgan fingerprint density at radius 1 is 0.857 bits per heavy atom. The monoisotopic (exact) mass is 494 g/mol. The molecule has 1 amide bonds. The van der Waals surface area contributed by atoms with Gasteiger partial charge in [0.25, 0.3) is 5.91 Å². The number of carbonyl (C=O) groups excluding carboxylic acids is 1. The van der Waals surface area contributed by atoms with E-state index in [2.05, 4.69) is 5.32 Å². The minimum Gasteiger partial charge on any atom is -0.493 e. The zero-order valence-corrected chi connectivity index (χ0v) is 20.1. The normalized spacial score (nSPS) is 16.1. The summed E-state index contributed by atoms with van der Waals surface area (Å²) in [6, 6.07) is 16.8. The van der Waals surface area contributed by atoms with Crippen molar-refractivity contribution in [3.63, 3.8) is 0 Å². The highest BCUT2D eigenvalue weighted by atomic mass is 32.2. The van der Waals surface area contributed by atoms with E-state index in [1.54, 1.807) is 48.5 Å². The van der Waals surface area contributed by atoms with Crippen molar-refractivity contribution in [2.45, 2.75) is 30.6 Å². The molecule has 9 heteroatoms. The minimum absolute atomic E-state index is 0.0599. The lowest BCUT2D eigenvalue weighted by molar-refractivity contribution is 0.102. The van der Waals surface area contributed by atoms with Crippen LogP contribution in [-0.2, 0) is 10.0 Å². The van der Waals surface area contributed by atoms with Crippen molar-refractivity contribution >= 4 is 21.6 Å². The number of rotatable bonds is 5. The number of nitrogens with zero attached hydrogens (tertiary/aromatic N) is 1. The van der Waals surface area contributed by atoms with Crippen LogP contribution in [0, 0.1) is 0 Å². The van der Waals surface area contributed by atoms with E-state index < -0.39 is 15.9 Å². The third-order valence-electron chi connectivity index (χ3n) is 6.12. The van der Waals surface area contributed by atoms with E-state index in [4.69, 9.17) is 14.2 Å². The van der Waals surface area contributed by atoms with E-state index in [1.165, 1.54) is 23.5 Å². The average molecular weight is 495 g/mol. The standard InChI is InChI=1S/C26H26N2O6S/c1-32-21-12-6-7-13-22(21)34-24-17-23-18(26(29)27-19-10-4-5-11-20(19)33-23)16-25(24)35(30,31)28-14-8-2-3-9-15-28/h4-7,10-13,16-17H,2-3,8-9,14-15H2,1H3,(H,27,29). The highest BCUT2D eigenvalue weighted by Crippen LogP contribution is 2.43. The van der Waals surface area contributed by atoms with Gasteiger partial charge in [0.1, 0.15) is 10.6 Å². The second-order valence-electron chi connectivity index (χ2n) is 8.42. The molecule has 0 aliphatic carbocycles. The Balaban J connectivity index is 1.66. The zero-order valence-electron chi connectivity index (χ0n) is 19.3. The number of carbonyl (C=O) groups is 1. The predicted octanol–water partition coefficient (Wildman–Crippen LogP) is 5.41. The molecule has 2 aliphatic heterocycles. The molecule has 0 spiro atoms. The van der Waals surface area contributed by atoms with Crippen molar-refractivity contribution in [2.24, 2.45) is 0 Å². The number of para-hydroxylation sites is 4. The molecule has 1 fully saturated rings. The fraction of sp³-hybridized carbons (Fsp3) is 0.269. The van der Waals surface area contributed by atoms with Gasteiger partial charge in [0.2, 0.25) is 10.0 Å². The van der Waals surface area contributed by atoms with E-state index >= 15 is 0 Å². The molecule has 0 unspecified atom stereocenters. The Hall–Kier alpha value is -3.56. The predicted molar refractivity (Wildman–Crippen MR) is 131 cm³/mol. The van der Waals surface area contributed by atoms with Gasteiger partial charge in [0.15, 0.2) is 23.0 Å². The van der Waals surface area contributed by atoms with Gasteiger partial charge < -0.3 is 19.5 Å². The summed E-state index contributed by atoms with van der Waals surface area (Å²) in [5.74, 6) is 1.05. The van der Waals surface area contributed by atoms with Crippen molar-refractivity contribution in [1.82, 2.24) is 4.31 Å². The first-order valence-corrected chi connectivity index (χ1v) is 13.0. The first kappa shape index (κ1) is 23.2. The van der Waals surface area contributed by atoms with Crippen LogP contribution in [0.3, 0.4) is 0 Å². The number of sulfonamides is 1. The number of anilines is 1. The van der Waals surface area contributed by atoms with Crippen molar-refractivity contribution in [2.75, 3.05) is 25.5 Å². The summed E-state index contributed by atoms with van der Waals surface area (Å²) in [6.07, 6.45) is 3.53. The second-order valence-corrected chi connectivity index (χ2v) is 10.3. The zero-order chi connectivity index (χ0) is 24.4. The number of fused-ring (bicyclic) bond motifs is 2. The lowest BCUT2D eigenvalue weighted by atomic mass is 10.1. The quantitative estimate of drug-likeness (QED) is 0.510. The van der Waals surface area contributed by atoms with Gasteiger partial charge in [-0.15, -0.1) is 0 Å². The molecular formula is C26H26N2O6S. The topological polar surface area (TPSA) is 94.2 Å². The van der Waals surface area contributed by atoms with Crippen LogP contribution in [0.2, 0.25) is 0 Å². The largest absolute Gasteiger partial charge is 0.493 e. The van der Waals surface area contributed by atoms with Crippen LogP contribution in [0.1, 0.15) is 36.0 Å². The van der Waals surface area contributed by atoms with Crippen LogP contribution < -0.4 is 19.5 Å². The van der Waals surface area contributed by atoms with Crippen LogP contribution >= 0.6 is 0 Å². The maximum atomic E-state index is 13.8. The molecule has 1 N–H and O–H groups in total. The molecule has 1 saturated heterocycles. The van der Waals surface area contributed by atoms with E-state index in [-0.39, 0.29) is 22.0 Å². The van der Waals surface area contributed by atoms with Gasteiger partial charge in [-0.1, -0.05) is 37.1 Å². The first-order chi connectivity index (χ1) is 17.0. The van der Waals surface area contributed by atoms with Gasteiger partial charge in [-0.2, -0.15) is 4.31 Å². The van der Waals surface area contributed by atoms with Crippen LogP contribution in [-0.4, -0.2) is 38.8 Å².